The Morgan fingerprint density at radius 3 is 2.21 bits per heavy atom. The van der Waals surface area contributed by atoms with E-state index >= 15 is 0 Å². The fourth-order valence-electron chi connectivity index (χ4n) is 1.86. The van der Waals surface area contributed by atoms with Crippen LogP contribution < -0.4 is 0 Å². The Hall–Kier alpha value is -0.120. The summed E-state index contributed by atoms with van der Waals surface area (Å²) in [4.78, 5) is 5.06. The molecule has 0 aromatic carbocycles. The van der Waals surface area contributed by atoms with Crippen LogP contribution in [-0.4, -0.2) is 62.3 Å². The fourth-order valence-corrected chi connectivity index (χ4v) is 1.86. The molecule has 0 spiro atoms. The van der Waals surface area contributed by atoms with Crippen LogP contribution in [0, 0.1) is 0 Å². The maximum Gasteiger partial charge on any atom is 0.0478 e. The van der Waals surface area contributed by atoms with Gasteiger partial charge in [0.05, 0.1) is 0 Å². The highest BCUT2D eigenvalue weighted by atomic mass is 16.5. The van der Waals surface area contributed by atoms with E-state index in [9.17, 15) is 0 Å². The average Bonchev–Trinajstić information content (AvgIpc) is 2.25. The van der Waals surface area contributed by atoms with Gasteiger partial charge in [0.25, 0.3) is 0 Å². The molecule has 1 fully saturated rings. The average molecular weight is 200 g/mol. The number of hydrogen-bond donors (Lipinski definition) is 0. The second kappa shape index (κ2) is 7.21. The third kappa shape index (κ3) is 4.40. The number of nitrogens with zero attached hydrogens (tertiary/aromatic N) is 2. The summed E-state index contributed by atoms with van der Waals surface area (Å²) in [6, 6.07) is 0. The van der Waals surface area contributed by atoms with Gasteiger partial charge in [0.15, 0.2) is 0 Å². The van der Waals surface area contributed by atoms with E-state index in [2.05, 4.69) is 23.6 Å². The zero-order valence-corrected chi connectivity index (χ0v) is 9.67. The van der Waals surface area contributed by atoms with Crippen LogP contribution in [0.2, 0.25) is 0 Å². The molecule has 1 rings (SSSR count). The molecule has 14 heavy (non-hydrogen) atoms. The minimum atomic E-state index is 0.851. The first-order chi connectivity index (χ1) is 6.86. The second-order valence-electron chi connectivity index (χ2n) is 3.83. The molecule has 0 aromatic rings. The molecule has 0 bridgehead atoms. The standard InChI is InChI=1S/C11H24N2O/c1-3-12-7-9-13(10-8-12)6-5-11-14-4-2/h3-11H2,1-2H3. The Morgan fingerprint density at radius 2 is 1.64 bits per heavy atom. The van der Waals surface area contributed by atoms with Crippen molar-refractivity contribution in [2.75, 3.05) is 52.5 Å². The van der Waals surface area contributed by atoms with Gasteiger partial charge in [-0.1, -0.05) is 6.92 Å². The third-order valence-corrected chi connectivity index (χ3v) is 2.88. The van der Waals surface area contributed by atoms with Crippen LogP contribution in [0.15, 0.2) is 0 Å². The molecular weight excluding hydrogens is 176 g/mol. The molecule has 1 heterocycles. The van der Waals surface area contributed by atoms with Gasteiger partial charge in [-0.3, -0.25) is 0 Å². The smallest absolute Gasteiger partial charge is 0.0478 e. The molecule has 0 radical (unpaired) electrons. The summed E-state index contributed by atoms with van der Waals surface area (Å²) in [7, 11) is 0. The molecular formula is C11H24N2O. The van der Waals surface area contributed by atoms with Crippen molar-refractivity contribution in [2.45, 2.75) is 20.3 Å². The van der Waals surface area contributed by atoms with Gasteiger partial charge < -0.3 is 14.5 Å². The summed E-state index contributed by atoms with van der Waals surface area (Å²) in [5, 5.41) is 0. The molecule has 0 aromatic heterocycles. The van der Waals surface area contributed by atoms with Crippen LogP contribution in [-0.2, 0) is 4.74 Å². The second-order valence-corrected chi connectivity index (χ2v) is 3.83. The first-order valence-electron chi connectivity index (χ1n) is 5.89. The van der Waals surface area contributed by atoms with Crippen molar-refractivity contribution >= 4 is 0 Å². The summed E-state index contributed by atoms with van der Waals surface area (Å²) in [6.07, 6.45) is 1.18. The third-order valence-electron chi connectivity index (χ3n) is 2.88. The Kier molecular flexibility index (Phi) is 6.15. The van der Waals surface area contributed by atoms with Gasteiger partial charge in [-0.25, -0.2) is 0 Å². The van der Waals surface area contributed by atoms with E-state index in [0.717, 1.165) is 13.2 Å². The monoisotopic (exact) mass is 200 g/mol. The normalized spacial score (nSPS) is 20.1. The van der Waals surface area contributed by atoms with Crippen molar-refractivity contribution in [1.82, 2.24) is 9.80 Å². The molecule has 0 amide bonds. The fraction of sp³-hybridized carbons (Fsp3) is 1.00. The van der Waals surface area contributed by atoms with Gasteiger partial charge >= 0.3 is 0 Å². The lowest BCUT2D eigenvalue weighted by Gasteiger charge is -2.33. The van der Waals surface area contributed by atoms with Crippen LogP contribution in [0.1, 0.15) is 20.3 Å². The van der Waals surface area contributed by atoms with Gasteiger partial charge in [0.2, 0.25) is 0 Å². The van der Waals surface area contributed by atoms with Gasteiger partial charge in [-0.15, -0.1) is 0 Å². The lowest BCUT2D eigenvalue weighted by Crippen LogP contribution is -2.46. The Morgan fingerprint density at radius 1 is 1.00 bits per heavy atom. The van der Waals surface area contributed by atoms with Gasteiger partial charge in [0.1, 0.15) is 0 Å². The summed E-state index contributed by atoms with van der Waals surface area (Å²) in [5.41, 5.74) is 0. The number of rotatable bonds is 6. The van der Waals surface area contributed by atoms with Crippen molar-refractivity contribution in [1.29, 1.82) is 0 Å². The molecule has 1 aliphatic heterocycles. The molecule has 1 saturated heterocycles. The van der Waals surface area contributed by atoms with Crippen molar-refractivity contribution in [3.05, 3.63) is 0 Å². The molecule has 0 unspecified atom stereocenters. The maximum absolute atomic E-state index is 5.33. The number of likely N-dealkylation sites (N-methyl/N-ethyl adjacent to an activating group) is 1. The summed E-state index contributed by atoms with van der Waals surface area (Å²) in [5.74, 6) is 0. The first kappa shape index (κ1) is 12.0. The Labute approximate surface area is 88.0 Å². The zero-order valence-electron chi connectivity index (χ0n) is 9.67. The quantitative estimate of drug-likeness (QED) is 0.596. The molecule has 3 heteroatoms. The van der Waals surface area contributed by atoms with E-state index < -0.39 is 0 Å². The van der Waals surface area contributed by atoms with E-state index in [1.807, 2.05) is 0 Å². The molecule has 84 valence electrons. The van der Waals surface area contributed by atoms with Crippen LogP contribution in [0.5, 0.6) is 0 Å². The van der Waals surface area contributed by atoms with Crippen molar-refractivity contribution in [3.8, 4) is 0 Å². The van der Waals surface area contributed by atoms with E-state index in [1.54, 1.807) is 0 Å². The van der Waals surface area contributed by atoms with E-state index in [0.29, 0.717) is 0 Å². The lowest BCUT2D eigenvalue weighted by molar-refractivity contribution is 0.107. The van der Waals surface area contributed by atoms with Gasteiger partial charge in [-0.05, 0) is 19.9 Å². The predicted molar refractivity (Wildman–Crippen MR) is 59.7 cm³/mol. The van der Waals surface area contributed by atoms with Crippen LogP contribution in [0.4, 0.5) is 0 Å². The lowest BCUT2D eigenvalue weighted by atomic mass is 10.3. The van der Waals surface area contributed by atoms with Gasteiger partial charge in [-0.2, -0.15) is 0 Å². The summed E-state index contributed by atoms with van der Waals surface area (Å²) >= 11 is 0. The summed E-state index contributed by atoms with van der Waals surface area (Å²) < 4.78 is 5.33. The van der Waals surface area contributed by atoms with Crippen molar-refractivity contribution in [3.63, 3.8) is 0 Å². The minimum absolute atomic E-state index is 0.851. The highest BCUT2D eigenvalue weighted by Gasteiger charge is 2.14. The Bertz CT molecular complexity index is 133. The van der Waals surface area contributed by atoms with Crippen LogP contribution >= 0.6 is 0 Å². The summed E-state index contributed by atoms with van der Waals surface area (Å²) in [6.45, 7) is 13.4. The number of ether oxygens (including phenoxy) is 1. The van der Waals surface area contributed by atoms with Crippen molar-refractivity contribution < 1.29 is 4.74 Å². The number of piperazine rings is 1. The van der Waals surface area contributed by atoms with E-state index in [-0.39, 0.29) is 0 Å². The molecule has 3 nitrogen and oxygen atoms in total. The van der Waals surface area contributed by atoms with Crippen LogP contribution in [0.3, 0.4) is 0 Å². The number of hydrogen-bond acceptors (Lipinski definition) is 3. The highest BCUT2D eigenvalue weighted by molar-refractivity contribution is 4.70. The maximum atomic E-state index is 5.33. The zero-order chi connectivity index (χ0) is 10.2. The van der Waals surface area contributed by atoms with Gasteiger partial charge in [0, 0.05) is 45.9 Å². The van der Waals surface area contributed by atoms with Crippen molar-refractivity contribution in [2.24, 2.45) is 0 Å². The molecule has 0 saturated carbocycles. The largest absolute Gasteiger partial charge is 0.382 e. The van der Waals surface area contributed by atoms with E-state index in [4.69, 9.17) is 4.74 Å². The van der Waals surface area contributed by atoms with Crippen LogP contribution in [0.25, 0.3) is 0 Å². The first-order valence-corrected chi connectivity index (χ1v) is 5.89. The highest BCUT2D eigenvalue weighted by Crippen LogP contribution is 2.01. The molecule has 0 atom stereocenters. The molecule has 0 aliphatic carbocycles. The minimum Gasteiger partial charge on any atom is -0.382 e. The predicted octanol–water partition coefficient (Wildman–Crippen LogP) is 1.05. The SMILES string of the molecule is CCOCCCN1CCN(CC)CC1. The molecule has 0 N–H and O–H groups in total. The topological polar surface area (TPSA) is 15.7 Å². The molecule has 1 aliphatic rings. The Balaban J connectivity index is 1.98. The van der Waals surface area contributed by atoms with E-state index in [1.165, 1.54) is 45.7 Å².